The molecule has 2 N–H and O–H groups in total. The van der Waals surface area contributed by atoms with Crippen LogP contribution in [0.2, 0.25) is 0 Å². The van der Waals surface area contributed by atoms with Crippen LogP contribution < -0.4 is 0 Å². The Balaban J connectivity index is 2.71. The normalized spacial score (nSPS) is 12.0. The highest BCUT2D eigenvalue weighted by molar-refractivity contribution is 5.69. The molecule has 0 heterocycles. The predicted octanol–water partition coefficient (Wildman–Crippen LogP) is 2.11. The van der Waals surface area contributed by atoms with Gasteiger partial charge < -0.3 is 10.2 Å². The molecule has 4 nitrogen and oxygen atoms in total. The van der Waals surface area contributed by atoms with Crippen molar-refractivity contribution >= 4 is 11.9 Å². The van der Waals surface area contributed by atoms with Crippen LogP contribution in [-0.2, 0) is 9.59 Å². The third-order valence-corrected chi connectivity index (χ3v) is 2.40. The summed E-state index contributed by atoms with van der Waals surface area (Å²) in [5.74, 6) is -2.03. The summed E-state index contributed by atoms with van der Waals surface area (Å²) in [6.07, 6.45) is 0.315. The summed E-state index contributed by atoms with van der Waals surface area (Å²) in [5.41, 5.74) is 0.881. The number of hydrogen-bond donors (Lipinski definition) is 2. The zero-order valence-electron chi connectivity index (χ0n) is 8.80. The third-order valence-electron chi connectivity index (χ3n) is 2.40. The molecule has 0 aliphatic carbocycles. The van der Waals surface area contributed by atoms with E-state index >= 15 is 0 Å². The molecule has 4 heteroatoms. The quantitative estimate of drug-likeness (QED) is 0.773. The van der Waals surface area contributed by atoms with E-state index in [0.717, 1.165) is 5.56 Å². The van der Waals surface area contributed by atoms with Crippen molar-refractivity contribution < 1.29 is 19.8 Å². The van der Waals surface area contributed by atoms with Crippen LogP contribution in [0.4, 0.5) is 0 Å². The highest BCUT2D eigenvalue weighted by atomic mass is 16.4. The van der Waals surface area contributed by atoms with Gasteiger partial charge in [-0.15, -0.1) is 0 Å². The monoisotopic (exact) mass is 222 g/mol. The van der Waals surface area contributed by atoms with E-state index in [1.54, 1.807) is 0 Å². The molecule has 0 aliphatic heterocycles. The van der Waals surface area contributed by atoms with Gasteiger partial charge in [0.15, 0.2) is 0 Å². The van der Waals surface area contributed by atoms with Gasteiger partial charge in [0, 0.05) is 6.42 Å². The van der Waals surface area contributed by atoms with E-state index in [1.165, 1.54) is 0 Å². The first-order valence-electron chi connectivity index (χ1n) is 5.08. The van der Waals surface area contributed by atoms with E-state index < -0.39 is 11.9 Å². The Bertz CT molecular complexity index is 359. The lowest BCUT2D eigenvalue weighted by molar-refractivity contribution is -0.139. The van der Waals surface area contributed by atoms with Crippen molar-refractivity contribution in [3.05, 3.63) is 35.9 Å². The molecule has 0 saturated heterocycles. The standard InChI is InChI=1S/C12H14O4/c13-11(14)7-6-10(8-12(15)16)9-4-2-1-3-5-9/h1-5,10H,6-8H2,(H,13,14)(H,15,16)/t10-/m1/s1. The molecule has 1 atom stereocenters. The van der Waals surface area contributed by atoms with Crippen molar-refractivity contribution in [2.24, 2.45) is 0 Å². The molecular formula is C12H14O4. The van der Waals surface area contributed by atoms with Gasteiger partial charge in [-0.1, -0.05) is 30.3 Å². The maximum atomic E-state index is 10.7. The minimum Gasteiger partial charge on any atom is -0.481 e. The maximum Gasteiger partial charge on any atom is 0.303 e. The second-order valence-electron chi connectivity index (χ2n) is 3.64. The van der Waals surface area contributed by atoms with Crippen LogP contribution in [0, 0.1) is 0 Å². The van der Waals surface area contributed by atoms with Gasteiger partial charge in [0.1, 0.15) is 0 Å². The Hall–Kier alpha value is -1.84. The molecule has 0 bridgehead atoms. The zero-order valence-corrected chi connectivity index (χ0v) is 8.80. The van der Waals surface area contributed by atoms with Crippen molar-refractivity contribution in [2.45, 2.75) is 25.2 Å². The lowest BCUT2D eigenvalue weighted by Crippen LogP contribution is -2.08. The van der Waals surface area contributed by atoms with Crippen LogP contribution in [0.15, 0.2) is 30.3 Å². The fourth-order valence-electron chi connectivity index (χ4n) is 1.62. The zero-order chi connectivity index (χ0) is 12.0. The minimum atomic E-state index is -0.903. The van der Waals surface area contributed by atoms with Gasteiger partial charge in [-0.25, -0.2) is 0 Å². The Morgan fingerprint density at radius 3 is 2.19 bits per heavy atom. The van der Waals surface area contributed by atoms with Crippen LogP contribution in [0.25, 0.3) is 0 Å². The van der Waals surface area contributed by atoms with E-state index in [9.17, 15) is 9.59 Å². The number of carboxylic acids is 2. The average Bonchev–Trinajstić information content (AvgIpc) is 2.25. The summed E-state index contributed by atoms with van der Waals surface area (Å²) in [6.45, 7) is 0. The van der Waals surface area contributed by atoms with Gasteiger partial charge in [0.05, 0.1) is 6.42 Å². The summed E-state index contributed by atoms with van der Waals surface area (Å²) in [7, 11) is 0. The summed E-state index contributed by atoms with van der Waals surface area (Å²) >= 11 is 0. The Labute approximate surface area is 93.5 Å². The van der Waals surface area contributed by atoms with Crippen LogP contribution in [0.1, 0.15) is 30.7 Å². The van der Waals surface area contributed by atoms with Gasteiger partial charge in [0.2, 0.25) is 0 Å². The second-order valence-corrected chi connectivity index (χ2v) is 3.64. The van der Waals surface area contributed by atoms with E-state index in [-0.39, 0.29) is 18.8 Å². The molecule has 1 rings (SSSR count). The molecule has 0 aliphatic rings. The number of aliphatic carboxylic acids is 2. The van der Waals surface area contributed by atoms with Gasteiger partial charge in [-0.2, -0.15) is 0 Å². The summed E-state index contributed by atoms with van der Waals surface area (Å²) in [6, 6.07) is 9.15. The molecule has 16 heavy (non-hydrogen) atoms. The highest BCUT2D eigenvalue weighted by Crippen LogP contribution is 2.24. The number of carbonyl (C=O) groups is 2. The van der Waals surface area contributed by atoms with Crippen LogP contribution in [-0.4, -0.2) is 22.2 Å². The number of benzene rings is 1. The topological polar surface area (TPSA) is 74.6 Å². The smallest absolute Gasteiger partial charge is 0.303 e. The third kappa shape index (κ3) is 4.13. The SMILES string of the molecule is O=C(O)CC[C@H](CC(=O)O)c1ccccc1. The van der Waals surface area contributed by atoms with Gasteiger partial charge in [-0.3, -0.25) is 9.59 Å². The minimum absolute atomic E-state index is 0.00710. The molecule has 0 spiro atoms. The molecule has 0 unspecified atom stereocenters. The number of rotatable bonds is 6. The number of hydrogen-bond acceptors (Lipinski definition) is 2. The summed E-state index contributed by atoms with van der Waals surface area (Å²) in [4.78, 5) is 21.2. The fraction of sp³-hybridized carbons (Fsp3) is 0.333. The van der Waals surface area contributed by atoms with Crippen molar-refractivity contribution in [2.75, 3.05) is 0 Å². The first-order chi connectivity index (χ1) is 7.59. The van der Waals surface area contributed by atoms with Crippen LogP contribution in [0.5, 0.6) is 0 Å². The molecule has 0 aromatic heterocycles. The van der Waals surface area contributed by atoms with Crippen molar-refractivity contribution in [1.82, 2.24) is 0 Å². The lowest BCUT2D eigenvalue weighted by Gasteiger charge is -2.13. The highest BCUT2D eigenvalue weighted by Gasteiger charge is 2.16. The summed E-state index contributed by atoms with van der Waals surface area (Å²) < 4.78 is 0. The van der Waals surface area contributed by atoms with Gasteiger partial charge in [0.25, 0.3) is 0 Å². The van der Waals surface area contributed by atoms with E-state index in [0.29, 0.717) is 6.42 Å². The van der Waals surface area contributed by atoms with E-state index in [1.807, 2.05) is 30.3 Å². The summed E-state index contributed by atoms with van der Waals surface area (Å²) in [5, 5.41) is 17.4. The van der Waals surface area contributed by atoms with Crippen molar-refractivity contribution in [3.8, 4) is 0 Å². The molecule has 0 fully saturated rings. The average molecular weight is 222 g/mol. The largest absolute Gasteiger partial charge is 0.481 e. The predicted molar refractivity (Wildman–Crippen MR) is 58.3 cm³/mol. The molecule has 1 aromatic carbocycles. The first kappa shape index (κ1) is 12.2. The molecule has 86 valence electrons. The Kier molecular flexibility index (Phi) is 4.51. The Morgan fingerprint density at radius 1 is 1.06 bits per heavy atom. The van der Waals surface area contributed by atoms with Gasteiger partial charge in [-0.05, 0) is 17.9 Å². The van der Waals surface area contributed by atoms with E-state index in [2.05, 4.69) is 0 Å². The maximum absolute atomic E-state index is 10.7. The molecule has 0 amide bonds. The molecular weight excluding hydrogens is 208 g/mol. The van der Waals surface area contributed by atoms with Crippen LogP contribution in [0.3, 0.4) is 0 Å². The van der Waals surface area contributed by atoms with Crippen LogP contribution >= 0.6 is 0 Å². The first-order valence-corrected chi connectivity index (χ1v) is 5.08. The van der Waals surface area contributed by atoms with E-state index in [4.69, 9.17) is 10.2 Å². The van der Waals surface area contributed by atoms with Crippen molar-refractivity contribution in [1.29, 1.82) is 0 Å². The molecule has 0 saturated carbocycles. The Morgan fingerprint density at radius 2 is 1.69 bits per heavy atom. The van der Waals surface area contributed by atoms with Crippen molar-refractivity contribution in [3.63, 3.8) is 0 Å². The van der Waals surface area contributed by atoms with Gasteiger partial charge >= 0.3 is 11.9 Å². The number of carboxylic acid groups (broad SMARTS) is 2. The lowest BCUT2D eigenvalue weighted by atomic mass is 9.91. The second kappa shape index (κ2) is 5.90. The molecule has 0 radical (unpaired) electrons. The fourth-order valence-corrected chi connectivity index (χ4v) is 1.62. The molecule has 1 aromatic rings.